The number of nitrogens with two attached hydrogens (primary N) is 1. The van der Waals surface area contributed by atoms with Crippen molar-refractivity contribution in [2.45, 2.75) is 43.7 Å². The molecule has 4 nitrogen and oxygen atoms in total. The van der Waals surface area contributed by atoms with Crippen LogP contribution in [0.5, 0.6) is 0 Å². The fraction of sp³-hybridized carbons (Fsp3) is 0.588. The minimum absolute atomic E-state index is 0. The molecule has 1 saturated heterocycles. The molecule has 134 valence electrons. The van der Waals surface area contributed by atoms with E-state index in [4.69, 9.17) is 10.5 Å². The number of halogens is 3. The molecule has 2 fully saturated rings. The topological polar surface area (TPSA) is 55.6 Å². The summed E-state index contributed by atoms with van der Waals surface area (Å²) in [5, 5.41) is 0. The Balaban J connectivity index is 0.00000208. The van der Waals surface area contributed by atoms with Gasteiger partial charge in [-0.15, -0.1) is 12.4 Å². The minimum Gasteiger partial charge on any atom is -0.370 e. The second-order valence-corrected chi connectivity index (χ2v) is 6.50. The van der Waals surface area contributed by atoms with E-state index in [-0.39, 0.29) is 18.3 Å². The monoisotopic (exact) mass is 360 g/mol. The molecule has 2 N–H and O–H groups in total. The van der Waals surface area contributed by atoms with E-state index in [9.17, 15) is 13.6 Å². The molecule has 2 aliphatic rings. The summed E-state index contributed by atoms with van der Waals surface area (Å²) in [7, 11) is 0. The maximum atomic E-state index is 13.4. The Morgan fingerprint density at radius 3 is 2.58 bits per heavy atom. The Kier molecular flexibility index (Phi) is 6.17. The first-order valence-corrected chi connectivity index (χ1v) is 8.14. The van der Waals surface area contributed by atoms with Crippen LogP contribution in [-0.2, 0) is 9.53 Å². The van der Waals surface area contributed by atoms with Gasteiger partial charge in [0.05, 0.1) is 18.7 Å². The highest BCUT2D eigenvalue weighted by atomic mass is 35.5. The van der Waals surface area contributed by atoms with Crippen LogP contribution < -0.4 is 5.73 Å². The first kappa shape index (κ1) is 19.1. The van der Waals surface area contributed by atoms with E-state index in [0.717, 1.165) is 31.4 Å². The van der Waals surface area contributed by atoms with E-state index in [2.05, 4.69) is 0 Å². The molecule has 3 rings (SSSR count). The Morgan fingerprint density at radius 1 is 1.21 bits per heavy atom. The van der Waals surface area contributed by atoms with E-state index < -0.39 is 23.3 Å². The zero-order valence-electron chi connectivity index (χ0n) is 13.5. The molecule has 1 saturated carbocycles. The van der Waals surface area contributed by atoms with Crippen LogP contribution in [0.15, 0.2) is 18.2 Å². The Labute approximate surface area is 146 Å². The zero-order chi connectivity index (χ0) is 16.4. The van der Waals surface area contributed by atoms with Gasteiger partial charge in [-0.25, -0.2) is 8.78 Å². The summed E-state index contributed by atoms with van der Waals surface area (Å²) >= 11 is 0. The van der Waals surface area contributed by atoms with E-state index >= 15 is 0 Å². The third-order valence-electron chi connectivity index (χ3n) is 4.84. The van der Waals surface area contributed by atoms with Gasteiger partial charge in [0.1, 0.15) is 6.10 Å². The summed E-state index contributed by atoms with van der Waals surface area (Å²) in [6.07, 6.45) is 4.03. The summed E-state index contributed by atoms with van der Waals surface area (Å²) in [5.41, 5.74) is 6.07. The van der Waals surface area contributed by atoms with Crippen molar-refractivity contribution < 1.29 is 18.3 Å². The van der Waals surface area contributed by atoms with Crippen molar-refractivity contribution in [3.63, 3.8) is 0 Å². The fourth-order valence-electron chi connectivity index (χ4n) is 3.46. The molecule has 24 heavy (non-hydrogen) atoms. The molecule has 1 aromatic rings. The van der Waals surface area contributed by atoms with Gasteiger partial charge in [-0.3, -0.25) is 4.79 Å². The van der Waals surface area contributed by atoms with Crippen molar-refractivity contribution in [1.29, 1.82) is 0 Å². The molecule has 0 aromatic heterocycles. The molecular weight excluding hydrogens is 338 g/mol. The number of amides is 1. The van der Waals surface area contributed by atoms with Crippen molar-refractivity contribution in [1.82, 2.24) is 4.90 Å². The molecule has 1 aromatic carbocycles. The lowest BCUT2D eigenvalue weighted by Gasteiger charge is -2.40. The highest BCUT2D eigenvalue weighted by Gasteiger charge is 2.40. The number of carbonyl (C=O) groups is 1. The van der Waals surface area contributed by atoms with Crippen molar-refractivity contribution in [2.75, 3.05) is 19.7 Å². The molecular formula is C17H23ClF2N2O2. The van der Waals surface area contributed by atoms with Crippen molar-refractivity contribution in [3.05, 3.63) is 35.4 Å². The van der Waals surface area contributed by atoms with Gasteiger partial charge in [0.2, 0.25) is 5.91 Å². The van der Waals surface area contributed by atoms with Gasteiger partial charge >= 0.3 is 0 Å². The van der Waals surface area contributed by atoms with E-state index in [1.54, 1.807) is 4.90 Å². The summed E-state index contributed by atoms with van der Waals surface area (Å²) in [6, 6.07) is 3.71. The molecule has 7 heteroatoms. The third kappa shape index (κ3) is 3.87. The molecule has 1 atom stereocenters. The second-order valence-electron chi connectivity index (χ2n) is 6.50. The van der Waals surface area contributed by atoms with E-state index in [0.29, 0.717) is 38.1 Å². The number of carbonyl (C=O) groups excluding carboxylic acids is 1. The van der Waals surface area contributed by atoms with Crippen molar-refractivity contribution in [3.8, 4) is 0 Å². The van der Waals surface area contributed by atoms with Crippen LogP contribution in [0.25, 0.3) is 0 Å². The predicted molar refractivity (Wildman–Crippen MR) is 88.9 cm³/mol. The number of hydrogen-bond donors (Lipinski definition) is 1. The Bertz CT molecular complexity index is 594. The minimum atomic E-state index is -0.905. The van der Waals surface area contributed by atoms with Gasteiger partial charge in [-0.1, -0.05) is 25.3 Å². The summed E-state index contributed by atoms with van der Waals surface area (Å²) in [5.74, 6) is -1.84. The second kappa shape index (κ2) is 7.76. The number of hydrogen-bond acceptors (Lipinski definition) is 3. The maximum absolute atomic E-state index is 13.4. The summed E-state index contributed by atoms with van der Waals surface area (Å²) in [4.78, 5) is 14.5. The first-order chi connectivity index (χ1) is 11.0. The predicted octanol–water partition coefficient (Wildman–Crippen LogP) is 2.95. The highest BCUT2D eigenvalue weighted by molar-refractivity contribution is 5.86. The van der Waals surface area contributed by atoms with Crippen LogP contribution >= 0.6 is 12.4 Å². The normalized spacial score (nSPS) is 23.5. The highest BCUT2D eigenvalue weighted by Crippen LogP contribution is 2.30. The number of morpholine rings is 1. The molecule has 1 aliphatic heterocycles. The van der Waals surface area contributed by atoms with Gasteiger partial charge in [-0.2, -0.15) is 0 Å². The lowest BCUT2D eigenvalue weighted by atomic mass is 9.81. The van der Waals surface area contributed by atoms with Crippen molar-refractivity contribution in [2.24, 2.45) is 5.73 Å². The van der Waals surface area contributed by atoms with Gasteiger partial charge < -0.3 is 15.4 Å². The number of benzene rings is 1. The van der Waals surface area contributed by atoms with E-state index in [1.165, 1.54) is 6.07 Å². The molecule has 1 aliphatic carbocycles. The van der Waals surface area contributed by atoms with Crippen LogP contribution in [0.4, 0.5) is 8.78 Å². The van der Waals surface area contributed by atoms with Crippen LogP contribution in [0.2, 0.25) is 0 Å². The molecule has 1 unspecified atom stereocenters. The maximum Gasteiger partial charge on any atom is 0.242 e. The van der Waals surface area contributed by atoms with Crippen LogP contribution in [-0.4, -0.2) is 36.0 Å². The zero-order valence-corrected chi connectivity index (χ0v) is 14.3. The van der Waals surface area contributed by atoms with Gasteiger partial charge in [-0.05, 0) is 30.5 Å². The molecule has 0 bridgehead atoms. The summed E-state index contributed by atoms with van der Waals surface area (Å²) in [6.45, 7) is 1.17. The molecule has 1 heterocycles. The number of ether oxygens (including phenoxy) is 1. The fourth-order valence-corrected chi connectivity index (χ4v) is 3.46. The largest absolute Gasteiger partial charge is 0.370 e. The lowest BCUT2D eigenvalue weighted by molar-refractivity contribution is -0.146. The Hall–Kier alpha value is -1.24. The first-order valence-electron chi connectivity index (χ1n) is 8.14. The average molecular weight is 361 g/mol. The van der Waals surface area contributed by atoms with E-state index in [1.807, 2.05) is 0 Å². The molecule has 0 spiro atoms. The van der Waals surface area contributed by atoms with Gasteiger partial charge in [0, 0.05) is 6.54 Å². The van der Waals surface area contributed by atoms with Crippen LogP contribution in [0.1, 0.15) is 43.8 Å². The molecule has 1 amide bonds. The standard InChI is InChI=1S/C17H22F2N2O2.ClH/c18-13-5-4-12(10-14(13)19)15-11-21(8-9-23-15)16(22)17(20)6-2-1-3-7-17;/h4-5,10,15H,1-3,6-9,11,20H2;1H. The SMILES string of the molecule is Cl.NC1(C(=O)N2CCOC(c3ccc(F)c(F)c3)C2)CCCCC1. The van der Waals surface area contributed by atoms with Crippen LogP contribution in [0, 0.1) is 11.6 Å². The average Bonchev–Trinajstić information content (AvgIpc) is 2.57. The Morgan fingerprint density at radius 2 is 1.92 bits per heavy atom. The number of rotatable bonds is 2. The number of nitrogens with zero attached hydrogens (tertiary/aromatic N) is 1. The summed E-state index contributed by atoms with van der Waals surface area (Å²) < 4.78 is 32.1. The molecule has 0 radical (unpaired) electrons. The third-order valence-corrected chi connectivity index (χ3v) is 4.84. The van der Waals surface area contributed by atoms with Crippen molar-refractivity contribution >= 4 is 18.3 Å². The smallest absolute Gasteiger partial charge is 0.242 e. The van der Waals surface area contributed by atoms with Crippen LogP contribution in [0.3, 0.4) is 0 Å². The van der Waals surface area contributed by atoms with Gasteiger partial charge in [0.15, 0.2) is 11.6 Å². The van der Waals surface area contributed by atoms with Gasteiger partial charge in [0.25, 0.3) is 0 Å². The quantitative estimate of drug-likeness (QED) is 0.882. The lowest BCUT2D eigenvalue weighted by Crippen LogP contribution is -2.58.